The molecule has 1 aliphatic rings. The van der Waals surface area contributed by atoms with E-state index in [1.54, 1.807) is 4.90 Å². The summed E-state index contributed by atoms with van der Waals surface area (Å²) in [6.45, 7) is 2.49. The molecule has 0 aliphatic carbocycles. The van der Waals surface area contributed by atoms with Gasteiger partial charge in [-0.1, -0.05) is 55.5 Å². The number of urea groups is 1. The molecule has 4 heteroatoms. The maximum absolute atomic E-state index is 12.6. The van der Waals surface area contributed by atoms with Crippen molar-refractivity contribution in [2.24, 2.45) is 0 Å². The van der Waals surface area contributed by atoms with E-state index < -0.39 is 0 Å². The maximum Gasteiger partial charge on any atom is 0.322 e. The highest BCUT2D eigenvalue weighted by atomic mass is 16.2. The molecule has 0 saturated carbocycles. The largest absolute Gasteiger partial charge is 0.322 e. The molecule has 2 aromatic rings. The van der Waals surface area contributed by atoms with E-state index in [4.69, 9.17) is 0 Å². The first kappa shape index (κ1) is 16.2. The van der Waals surface area contributed by atoms with Gasteiger partial charge in [0.25, 0.3) is 0 Å². The average molecular weight is 322 g/mol. The van der Waals surface area contributed by atoms with Crippen molar-refractivity contribution in [1.29, 1.82) is 0 Å². The lowest BCUT2D eigenvalue weighted by Crippen LogP contribution is -2.42. The lowest BCUT2D eigenvalue weighted by atomic mass is 9.94. The minimum atomic E-state index is -0.214. The molecule has 0 bridgehead atoms. The molecule has 2 aromatic carbocycles. The third kappa shape index (κ3) is 3.48. The molecule has 0 spiro atoms. The zero-order valence-corrected chi connectivity index (χ0v) is 13.9. The van der Waals surface area contributed by atoms with Crippen LogP contribution in [-0.4, -0.2) is 16.7 Å². The Labute approximate surface area is 142 Å². The lowest BCUT2D eigenvalue weighted by Gasteiger charge is -2.37. The Morgan fingerprint density at radius 2 is 1.79 bits per heavy atom. The second-order valence-electron chi connectivity index (χ2n) is 6.14. The first-order chi connectivity index (χ1) is 11.7. The SMILES string of the molecule is CCCC(=O)CC1c2ccccc2NC(=O)N1Cc1ccccc1. The molecule has 0 saturated heterocycles. The average Bonchev–Trinajstić information content (AvgIpc) is 2.59. The molecule has 1 atom stereocenters. The third-order valence-electron chi connectivity index (χ3n) is 4.34. The fourth-order valence-corrected chi connectivity index (χ4v) is 3.18. The minimum absolute atomic E-state index is 0.146. The van der Waals surface area contributed by atoms with Crippen LogP contribution in [0.25, 0.3) is 0 Å². The van der Waals surface area contributed by atoms with E-state index in [1.165, 1.54) is 0 Å². The summed E-state index contributed by atoms with van der Waals surface area (Å²) < 4.78 is 0. The van der Waals surface area contributed by atoms with E-state index in [0.29, 0.717) is 19.4 Å². The highest BCUT2D eigenvalue weighted by molar-refractivity contribution is 5.94. The summed E-state index contributed by atoms with van der Waals surface area (Å²) in [5, 5.41) is 2.94. The molecule has 0 fully saturated rings. The highest BCUT2D eigenvalue weighted by Crippen LogP contribution is 2.36. The van der Waals surface area contributed by atoms with Gasteiger partial charge in [0.05, 0.1) is 6.04 Å². The molecule has 1 heterocycles. The predicted octanol–water partition coefficient (Wildman–Crippen LogP) is 4.53. The Kier molecular flexibility index (Phi) is 4.94. The second kappa shape index (κ2) is 7.30. The number of rotatable bonds is 6. The summed E-state index contributed by atoms with van der Waals surface area (Å²) >= 11 is 0. The molecule has 124 valence electrons. The number of carbonyl (C=O) groups excluding carboxylic acids is 2. The Balaban J connectivity index is 1.92. The van der Waals surface area contributed by atoms with Crippen LogP contribution in [0, 0.1) is 0 Å². The van der Waals surface area contributed by atoms with Crippen LogP contribution in [0.15, 0.2) is 54.6 Å². The van der Waals surface area contributed by atoms with Gasteiger partial charge in [0.2, 0.25) is 0 Å². The van der Waals surface area contributed by atoms with Gasteiger partial charge in [-0.25, -0.2) is 4.79 Å². The molecule has 2 amide bonds. The monoisotopic (exact) mass is 322 g/mol. The molecule has 1 N–H and O–H groups in total. The van der Waals surface area contributed by atoms with Gasteiger partial charge >= 0.3 is 6.03 Å². The number of hydrogen-bond acceptors (Lipinski definition) is 2. The number of nitrogens with zero attached hydrogens (tertiary/aromatic N) is 1. The van der Waals surface area contributed by atoms with Crippen LogP contribution in [0.5, 0.6) is 0 Å². The molecule has 0 radical (unpaired) electrons. The van der Waals surface area contributed by atoms with E-state index in [2.05, 4.69) is 5.32 Å². The summed E-state index contributed by atoms with van der Waals surface area (Å²) in [4.78, 5) is 26.7. The van der Waals surface area contributed by atoms with Crippen LogP contribution in [0.1, 0.15) is 43.4 Å². The normalized spacial score (nSPS) is 16.5. The number of ketones is 1. The number of hydrogen-bond donors (Lipinski definition) is 1. The second-order valence-corrected chi connectivity index (χ2v) is 6.14. The summed E-state index contributed by atoms with van der Waals surface area (Å²) in [6.07, 6.45) is 1.75. The lowest BCUT2D eigenvalue weighted by molar-refractivity contribution is -0.120. The van der Waals surface area contributed by atoms with Crippen molar-refractivity contribution >= 4 is 17.5 Å². The number of benzene rings is 2. The molecule has 0 aromatic heterocycles. The smallest absolute Gasteiger partial charge is 0.313 e. The van der Waals surface area contributed by atoms with E-state index in [0.717, 1.165) is 23.2 Å². The summed E-state index contributed by atoms with van der Waals surface area (Å²) in [7, 11) is 0. The van der Waals surface area contributed by atoms with Gasteiger partial charge in [-0.2, -0.15) is 0 Å². The number of para-hydroxylation sites is 1. The third-order valence-corrected chi connectivity index (χ3v) is 4.34. The summed E-state index contributed by atoms with van der Waals surface area (Å²) in [5.74, 6) is 0.199. The van der Waals surface area contributed by atoms with Crippen molar-refractivity contribution in [2.75, 3.05) is 5.32 Å². The molecular weight excluding hydrogens is 300 g/mol. The van der Waals surface area contributed by atoms with Crippen LogP contribution in [-0.2, 0) is 11.3 Å². The molecule has 1 unspecified atom stereocenters. The standard InChI is InChI=1S/C20H22N2O2/c1-2-8-16(23)13-19-17-11-6-7-12-18(17)21-20(24)22(19)14-15-9-4-3-5-10-15/h3-7,9-12,19H,2,8,13-14H2,1H3,(H,21,24). The predicted molar refractivity (Wildman–Crippen MR) is 94.7 cm³/mol. The number of carbonyl (C=O) groups is 2. The van der Waals surface area contributed by atoms with E-state index in [9.17, 15) is 9.59 Å². The molecular formula is C20H22N2O2. The van der Waals surface area contributed by atoms with Gasteiger partial charge < -0.3 is 10.2 Å². The van der Waals surface area contributed by atoms with Crippen LogP contribution in [0.3, 0.4) is 0 Å². The van der Waals surface area contributed by atoms with Gasteiger partial charge in [-0.15, -0.1) is 0 Å². The van der Waals surface area contributed by atoms with Gasteiger partial charge in [0.15, 0.2) is 0 Å². The zero-order chi connectivity index (χ0) is 16.9. The van der Waals surface area contributed by atoms with Crippen molar-refractivity contribution in [3.8, 4) is 0 Å². The topological polar surface area (TPSA) is 49.4 Å². The Hall–Kier alpha value is -2.62. The first-order valence-electron chi connectivity index (χ1n) is 8.41. The molecule has 24 heavy (non-hydrogen) atoms. The number of anilines is 1. The number of amides is 2. The van der Waals surface area contributed by atoms with Gasteiger partial charge in [0, 0.05) is 25.1 Å². The maximum atomic E-state index is 12.6. The van der Waals surface area contributed by atoms with E-state index in [-0.39, 0.29) is 17.9 Å². The number of nitrogens with one attached hydrogen (secondary N) is 1. The van der Waals surface area contributed by atoms with Crippen LogP contribution < -0.4 is 5.32 Å². The fraction of sp³-hybridized carbons (Fsp3) is 0.300. The summed E-state index contributed by atoms with van der Waals surface area (Å²) in [6, 6.07) is 17.3. The van der Waals surface area contributed by atoms with Crippen LogP contribution in [0.4, 0.5) is 10.5 Å². The Bertz CT molecular complexity index is 727. The molecule has 4 nitrogen and oxygen atoms in total. The van der Waals surface area contributed by atoms with Crippen molar-refractivity contribution in [3.63, 3.8) is 0 Å². The number of fused-ring (bicyclic) bond motifs is 1. The quantitative estimate of drug-likeness (QED) is 0.849. The minimum Gasteiger partial charge on any atom is -0.313 e. The Morgan fingerprint density at radius 1 is 1.08 bits per heavy atom. The molecule has 3 rings (SSSR count). The van der Waals surface area contributed by atoms with Gasteiger partial charge in [-0.05, 0) is 23.6 Å². The van der Waals surface area contributed by atoms with Gasteiger partial charge in [0.1, 0.15) is 5.78 Å². The van der Waals surface area contributed by atoms with Crippen molar-refractivity contribution < 1.29 is 9.59 Å². The van der Waals surface area contributed by atoms with Crippen molar-refractivity contribution in [1.82, 2.24) is 4.90 Å². The number of Topliss-reactive ketones (excluding diaryl/α,β-unsaturated/α-hetero) is 1. The van der Waals surface area contributed by atoms with Crippen molar-refractivity contribution in [3.05, 3.63) is 65.7 Å². The highest BCUT2D eigenvalue weighted by Gasteiger charge is 2.33. The van der Waals surface area contributed by atoms with Gasteiger partial charge in [-0.3, -0.25) is 4.79 Å². The zero-order valence-electron chi connectivity index (χ0n) is 13.9. The first-order valence-corrected chi connectivity index (χ1v) is 8.41. The molecule has 1 aliphatic heterocycles. The van der Waals surface area contributed by atoms with Crippen molar-refractivity contribution in [2.45, 2.75) is 38.8 Å². The fourth-order valence-electron chi connectivity index (χ4n) is 3.18. The van der Waals surface area contributed by atoms with Crippen LogP contribution >= 0.6 is 0 Å². The van der Waals surface area contributed by atoms with E-state index >= 15 is 0 Å². The summed E-state index contributed by atoms with van der Waals surface area (Å²) in [5.41, 5.74) is 2.87. The van der Waals surface area contributed by atoms with E-state index in [1.807, 2.05) is 61.5 Å². The van der Waals surface area contributed by atoms with Crippen LogP contribution in [0.2, 0.25) is 0 Å². The Morgan fingerprint density at radius 3 is 2.54 bits per heavy atom.